The van der Waals surface area contributed by atoms with E-state index >= 15 is 0 Å². The molecule has 1 fully saturated rings. The maximum atomic E-state index is 11.9. The highest BCUT2D eigenvalue weighted by molar-refractivity contribution is 5.76. The fourth-order valence-electron chi connectivity index (χ4n) is 1.06. The minimum absolute atomic E-state index is 0.00917. The number of hydrogen-bond donors (Lipinski definition) is 1. The van der Waals surface area contributed by atoms with Gasteiger partial charge in [0.1, 0.15) is 0 Å². The SMILES string of the molecule is O=C1C[C@H](C(F)(F)F)CCN1. The number of hydrogen-bond acceptors (Lipinski definition) is 1. The molecule has 0 radical (unpaired) electrons. The maximum Gasteiger partial charge on any atom is 0.392 e. The Labute approximate surface area is 61.8 Å². The van der Waals surface area contributed by atoms with Crippen LogP contribution in [0, 0.1) is 5.92 Å². The van der Waals surface area contributed by atoms with Gasteiger partial charge in [0.2, 0.25) is 5.91 Å². The number of alkyl halides is 3. The van der Waals surface area contributed by atoms with Crippen molar-refractivity contribution >= 4 is 5.91 Å². The van der Waals surface area contributed by atoms with E-state index in [1.165, 1.54) is 0 Å². The summed E-state index contributed by atoms with van der Waals surface area (Å²) in [4.78, 5) is 10.5. The van der Waals surface area contributed by atoms with E-state index in [0.29, 0.717) is 0 Å². The third kappa shape index (κ3) is 2.10. The van der Waals surface area contributed by atoms with Gasteiger partial charge >= 0.3 is 6.18 Å². The molecule has 0 aromatic heterocycles. The van der Waals surface area contributed by atoms with E-state index in [-0.39, 0.29) is 13.0 Å². The van der Waals surface area contributed by atoms with E-state index < -0.39 is 24.4 Å². The van der Waals surface area contributed by atoms with Crippen LogP contribution in [0.25, 0.3) is 0 Å². The van der Waals surface area contributed by atoms with Gasteiger partial charge < -0.3 is 5.32 Å². The summed E-state index contributed by atoms with van der Waals surface area (Å²) >= 11 is 0. The molecular weight excluding hydrogens is 159 g/mol. The average Bonchev–Trinajstić information content (AvgIpc) is 1.86. The lowest BCUT2D eigenvalue weighted by Crippen LogP contribution is -2.39. The molecule has 1 aliphatic rings. The van der Waals surface area contributed by atoms with Crippen molar-refractivity contribution in [3.8, 4) is 0 Å². The number of carbonyl (C=O) groups is 1. The van der Waals surface area contributed by atoms with Crippen LogP contribution in [-0.4, -0.2) is 18.6 Å². The van der Waals surface area contributed by atoms with Gasteiger partial charge in [0, 0.05) is 13.0 Å². The number of halogens is 3. The van der Waals surface area contributed by atoms with Crippen molar-refractivity contribution in [2.24, 2.45) is 5.92 Å². The molecule has 11 heavy (non-hydrogen) atoms. The van der Waals surface area contributed by atoms with Crippen molar-refractivity contribution in [1.29, 1.82) is 0 Å². The number of amides is 1. The van der Waals surface area contributed by atoms with Gasteiger partial charge in [-0.2, -0.15) is 13.2 Å². The highest BCUT2D eigenvalue weighted by atomic mass is 19.4. The lowest BCUT2D eigenvalue weighted by molar-refractivity contribution is -0.183. The molecule has 2 nitrogen and oxygen atoms in total. The Morgan fingerprint density at radius 1 is 1.45 bits per heavy atom. The summed E-state index contributed by atoms with van der Waals surface area (Å²) in [6.45, 7) is 0.142. The van der Waals surface area contributed by atoms with Gasteiger partial charge in [0.15, 0.2) is 0 Å². The normalized spacial score (nSPS) is 26.5. The van der Waals surface area contributed by atoms with Crippen LogP contribution in [0.3, 0.4) is 0 Å². The Bertz CT molecular complexity index is 166. The van der Waals surface area contributed by atoms with Crippen LogP contribution in [0.5, 0.6) is 0 Å². The molecule has 0 spiro atoms. The van der Waals surface area contributed by atoms with Crippen molar-refractivity contribution in [2.75, 3.05) is 6.54 Å². The van der Waals surface area contributed by atoms with Gasteiger partial charge in [-0.25, -0.2) is 0 Å². The standard InChI is InChI=1S/C6H8F3NO/c7-6(8,9)4-1-2-10-5(11)3-4/h4H,1-3H2,(H,10,11)/t4-/m1/s1. The predicted octanol–water partition coefficient (Wildman–Crippen LogP) is 1.07. The molecule has 1 saturated heterocycles. The molecule has 0 aromatic carbocycles. The molecule has 1 amide bonds. The Morgan fingerprint density at radius 2 is 2.09 bits per heavy atom. The van der Waals surface area contributed by atoms with Crippen molar-refractivity contribution in [3.63, 3.8) is 0 Å². The maximum absolute atomic E-state index is 11.9. The lowest BCUT2D eigenvalue weighted by atomic mass is 9.97. The molecule has 0 unspecified atom stereocenters. The summed E-state index contributed by atoms with van der Waals surface area (Å²) in [7, 11) is 0. The van der Waals surface area contributed by atoms with Gasteiger partial charge in [-0.15, -0.1) is 0 Å². The zero-order valence-electron chi connectivity index (χ0n) is 5.74. The van der Waals surface area contributed by atoms with Crippen molar-refractivity contribution in [3.05, 3.63) is 0 Å². The average molecular weight is 167 g/mol. The second-order valence-electron chi connectivity index (χ2n) is 2.58. The minimum atomic E-state index is -4.21. The molecule has 0 bridgehead atoms. The lowest BCUT2D eigenvalue weighted by Gasteiger charge is -2.23. The van der Waals surface area contributed by atoms with Gasteiger partial charge in [0.25, 0.3) is 0 Å². The number of carbonyl (C=O) groups excluding carboxylic acids is 1. The van der Waals surface area contributed by atoms with Gasteiger partial charge in [-0.3, -0.25) is 4.79 Å². The summed E-state index contributed by atoms with van der Waals surface area (Å²) in [6, 6.07) is 0. The predicted molar refractivity (Wildman–Crippen MR) is 31.8 cm³/mol. The zero-order chi connectivity index (χ0) is 8.48. The third-order valence-corrected chi connectivity index (χ3v) is 1.71. The van der Waals surface area contributed by atoms with E-state index in [0.717, 1.165) is 0 Å². The molecule has 0 aliphatic carbocycles. The molecule has 1 atom stereocenters. The van der Waals surface area contributed by atoms with Crippen LogP contribution in [0.15, 0.2) is 0 Å². The molecule has 64 valence electrons. The Balaban J connectivity index is 2.53. The first kappa shape index (κ1) is 8.36. The summed E-state index contributed by atoms with van der Waals surface area (Å²) in [6.07, 6.45) is -4.61. The topological polar surface area (TPSA) is 29.1 Å². The van der Waals surface area contributed by atoms with Gasteiger partial charge in [-0.05, 0) is 6.42 Å². The largest absolute Gasteiger partial charge is 0.392 e. The van der Waals surface area contributed by atoms with E-state index in [9.17, 15) is 18.0 Å². The number of nitrogens with one attached hydrogen (secondary N) is 1. The van der Waals surface area contributed by atoms with Gasteiger partial charge in [0.05, 0.1) is 5.92 Å². The van der Waals surface area contributed by atoms with Crippen molar-refractivity contribution in [1.82, 2.24) is 5.32 Å². The molecule has 5 heteroatoms. The van der Waals surface area contributed by atoms with E-state index in [2.05, 4.69) is 5.32 Å². The van der Waals surface area contributed by atoms with Crippen LogP contribution in [-0.2, 0) is 4.79 Å². The van der Waals surface area contributed by atoms with Gasteiger partial charge in [-0.1, -0.05) is 0 Å². The smallest absolute Gasteiger partial charge is 0.356 e. The van der Waals surface area contributed by atoms with Crippen LogP contribution >= 0.6 is 0 Å². The Kier molecular flexibility index (Phi) is 2.06. The first-order valence-electron chi connectivity index (χ1n) is 3.33. The third-order valence-electron chi connectivity index (χ3n) is 1.71. The molecule has 1 rings (SSSR count). The second kappa shape index (κ2) is 2.71. The zero-order valence-corrected chi connectivity index (χ0v) is 5.74. The summed E-state index contributed by atoms with van der Waals surface area (Å²) < 4.78 is 35.8. The Morgan fingerprint density at radius 3 is 2.45 bits per heavy atom. The van der Waals surface area contributed by atoms with Crippen LogP contribution in [0.1, 0.15) is 12.8 Å². The number of piperidine rings is 1. The highest BCUT2D eigenvalue weighted by Gasteiger charge is 2.41. The van der Waals surface area contributed by atoms with Crippen molar-refractivity contribution < 1.29 is 18.0 Å². The summed E-state index contributed by atoms with van der Waals surface area (Å²) in [5.41, 5.74) is 0. The van der Waals surface area contributed by atoms with E-state index in [1.807, 2.05) is 0 Å². The van der Waals surface area contributed by atoms with Crippen molar-refractivity contribution in [2.45, 2.75) is 19.0 Å². The molecular formula is C6H8F3NO. The molecule has 0 aromatic rings. The van der Waals surface area contributed by atoms with Crippen LogP contribution < -0.4 is 5.32 Å². The summed E-state index contributed by atoms with van der Waals surface area (Å²) in [5.74, 6) is -1.94. The Hall–Kier alpha value is -0.740. The molecule has 1 heterocycles. The monoisotopic (exact) mass is 167 g/mol. The van der Waals surface area contributed by atoms with Crippen LogP contribution in [0.2, 0.25) is 0 Å². The number of rotatable bonds is 0. The quantitative estimate of drug-likeness (QED) is 0.574. The fraction of sp³-hybridized carbons (Fsp3) is 0.833. The minimum Gasteiger partial charge on any atom is -0.356 e. The second-order valence-corrected chi connectivity index (χ2v) is 2.58. The highest BCUT2D eigenvalue weighted by Crippen LogP contribution is 2.32. The van der Waals surface area contributed by atoms with E-state index in [4.69, 9.17) is 0 Å². The molecule has 0 saturated carbocycles. The molecule has 1 aliphatic heterocycles. The summed E-state index contributed by atoms with van der Waals surface area (Å²) in [5, 5.41) is 2.35. The first-order chi connectivity index (χ1) is 5.00. The van der Waals surface area contributed by atoms with Crippen LogP contribution in [0.4, 0.5) is 13.2 Å². The molecule has 1 N–H and O–H groups in total. The fourth-order valence-corrected chi connectivity index (χ4v) is 1.06. The van der Waals surface area contributed by atoms with E-state index in [1.54, 1.807) is 0 Å². The first-order valence-corrected chi connectivity index (χ1v) is 3.33.